The van der Waals surface area contributed by atoms with Crippen molar-refractivity contribution in [2.24, 2.45) is 0 Å². The highest BCUT2D eigenvalue weighted by Gasteiger charge is 2.23. The minimum absolute atomic E-state index is 0.586. The molecule has 92 valence electrons. The summed E-state index contributed by atoms with van der Waals surface area (Å²) in [5, 5.41) is 9.08. The maximum absolute atomic E-state index is 9.08. The molecule has 0 atom stereocenters. The topological polar surface area (TPSA) is 52.5 Å². The first-order valence-corrected chi connectivity index (χ1v) is 6.90. The number of aromatic amines is 1. The molecule has 1 aromatic carbocycles. The lowest BCUT2D eigenvalue weighted by molar-refractivity contribution is 0.640. The molecule has 2 aromatic rings. The lowest BCUT2D eigenvalue weighted by Crippen LogP contribution is -2.15. The minimum atomic E-state index is -0.586. The van der Waals surface area contributed by atoms with Crippen molar-refractivity contribution in [2.75, 3.05) is 6.26 Å². The van der Waals surface area contributed by atoms with Crippen LogP contribution in [0.25, 0.3) is 11.3 Å². The van der Waals surface area contributed by atoms with Crippen LogP contribution in [0.2, 0.25) is 0 Å². The van der Waals surface area contributed by atoms with Gasteiger partial charge in [-0.15, -0.1) is 11.8 Å². The number of nitrogens with one attached hydrogen (secondary N) is 1. The van der Waals surface area contributed by atoms with Crippen LogP contribution < -0.4 is 0 Å². The smallest absolute Gasteiger partial charge is 0.126 e. The van der Waals surface area contributed by atoms with E-state index >= 15 is 0 Å². The fourth-order valence-electron chi connectivity index (χ4n) is 1.61. The molecule has 1 aromatic heterocycles. The Labute approximate surface area is 111 Å². The third kappa shape index (κ3) is 2.41. The van der Waals surface area contributed by atoms with Crippen LogP contribution in [-0.4, -0.2) is 16.2 Å². The van der Waals surface area contributed by atoms with Gasteiger partial charge in [-0.2, -0.15) is 5.26 Å². The van der Waals surface area contributed by atoms with Crippen LogP contribution in [0.3, 0.4) is 0 Å². The van der Waals surface area contributed by atoms with Crippen molar-refractivity contribution in [3.63, 3.8) is 0 Å². The van der Waals surface area contributed by atoms with Crippen molar-refractivity contribution in [3.8, 4) is 17.3 Å². The number of nitriles is 1. The van der Waals surface area contributed by atoms with Crippen molar-refractivity contribution in [2.45, 2.75) is 24.2 Å². The Bertz CT molecular complexity index is 576. The van der Waals surface area contributed by atoms with Crippen LogP contribution in [0.5, 0.6) is 0 Å². The Morgan fingerprint density at radius 3 is 2.50 bits per heavy atom. The van der Waals surface area contributed by atoms with E-state index in [2.05, 4.69) is 46.6 Å². The summed E-state index contributed by atoms with van der Waals surface area (Å²) in [5.74, 6) is 0.703. The summed E-state index contributed by atoms with van der Waals surface area (Å²) in [7, 11) is 0. The second-order valence-electron chi connectivity index (χ2n) is 4.61. The average molecular weight is 257 g/mol. The zero-order valence-corrected chi connectivity index (χ0v) is 11.5. The van der Waals surface area contributed by atoms with E-state index in [1.807, 2.05) is 13.8 Å². The molecule has 0 radical (unpaired) electrons. The summed E-state index contributed by atoms with van der Waals surface area (Å²) in [6.45, 7) is 3.71. The summed E-state index contributed by atoms with van der Waals surface area (Å²) in [6, 6.07) is 10.5. The number of nitrogens with zero attached hydrogens (tertiary/aromatic N) is 2. The van der Waals surface area contributed by atoms with Crippen molar-refractivity contribution in [1.82, 2.24) is 9.97 Å². The third-order valence-corrected chi connectivity index (χ3v) is 3.59. The van der Waals surface area contributed by atoms with Crippen LogP contribution in [-0.2, 0) is 5.41 Å². The van der Waals surface area contributed by atoms with Crippen LogP contribution in [0.15, 0.2) is 35.4 Å². The average Bonchev–Trinajstić information content (AvgIpc) is 2.89. The zero-order chi connectivity index (χ0) is 13.2. The zero-order valence-electron chi connectivity index (χ0n) is 10.7. The number of imidazole rings is 1. The van der Waals surface area contributed by atoms with Gasteiger partial charge in [-0.05, 0) is 37.8 Å². The summed E-state index contributed by atoms with van der Waals surface area (Å²) in [5.41, 5.74) is 1.44. The highest BCUT2D eigenvalue weighted by atomic mass is 32.2. The predicted octanol–water partition coefficient (Wildman–Crippen LogP) is 3.60. The number of benzene rings is 1. The van der Waals surface area contributed by atoms with Gasteiger partial charge in [0, 0.05) is 4.90 Å². The van der Waals surface area contributed by atoms with Gasteiger partial charge in [-0.3, -0.25) is 0 Å². The van der Waals surface area contributed by atoms with Crippen molar-refractivity contribution in [1.29, 1.82) is 5.26 Å². The number of hydrogen-bond acceptors (Lipinski definition) is 3. The predicted molar refractivity (Wildman–Crippen MR) is 74.4 cm³/mol. The monoisotopic (exact) mass is 257 g/mol. The summed E-state index contributed by atoms with van der Waals surface area (Å²) in [6.07, 6.45) is 3.83. The van der Waals surface area contributed by atoms with Gasteiger partial charge in [0.15, 0.2) is 0 Å². The Morgan fingerprint density at radius 2 is 1.94 bits per heavy atom. The van der Waals surface area contributed by atoms with Crippen LogP contribution in [0.4, 0.5) is 0 Å². The largest absolute Gasteiger partial charge is 0.341 e. The molecule has 2 rings (SSSR count). The molecule has 0 bridgehead atoms. The summed E-state index contributed by atoms with van der Waals surface area (Å²) >= 11 is 1.72. The summed E-state index contributed by atoms with van der Waals surface area (Å²) < 4.78 is 0. The van der Waals surface area contributed by atoms with Gasteiger partial charge in [0.1, 0.15) is 11.2 Å². The molecule has 0 aliphatic heterocycles. The molecule has 0 aliphatic carbocycles. The molecule has 4 heteroatoms. The van der Waals surface area contributed by atoms with E-state index in [0.717, 1.165) is 11.3 Å². The van der Waals surface area contributed by atoms with Crippen molar-refractivity contribution in [3.05, 3.63) is 36.3 Å². The van der Waals surface area contributed by atoms with Gasteiger partial charge >= 0.3 is 0 Å². The fourth-order valence-corrected chi connectivity index (χ4v) is 2.02. The highest BCUT2D eigenvalue weighted by Crippen LogP contribution is 2.25. The van der Waals surface area contributed by atoms with Crippen LogP contribution >= 0.6 is 11.8 Å². The Morgan fingerprint density at radius 1 is 1.28 bits per heavy atom. The number of aromatic nitrogens is 2. The minimum Gasteiger partial charge on any atom is -0.341 e. The molecule has 0 saturated heterocycles. The number of thioether (sulfide) groups is 1. The van der Waals surface area contributed by atoms with E-state index in [1.54, 1.807) is 18.0 Å². The van der Waals surface area contributed by atoms with Gasteiger partial charge in [0.25, 0.3) is 0 Å². The van der Waals surface area contributed by atoms with E-state index < -0.39 is 5.41 Å². The van der Waals surface area contributed by atoms with Gasteiger partial charge in [0.2, 0.25) is 0 Å². The van der Waals surface area contributed by atoms with E-state index in [-0.39, 0.29) is 0 Å². The fraction of sp³-hybridized carbons (Fsp3) is 0.286. The van der Waals surface area contributed by atoms with Gasteiger partial charge in [-0.25, -0.2) is 4.98 Å². The van der Waals surface area contributed by atoms with Crippen LogP contribution in [0.1, 0.15) is 19.7 Å². The quantitative estimate of drug-likeness (QED) is 0.855. The van der Waals surface area contributed by atoms with Gasteiger partial charge in [-0.1, -0.05) is 12.1 Å². The maximum atomic E-state index is 9.08. The maximum Gasteiger partial charge on any atom is 0.126 e. The van der Waals surface area contributed by atoms with Gasteiger partial charge < -0.3 is 4.98 Å². The molecule has 0 saturated carbocycles. The SMILES string of the molecule is CSc1ccc(-c2cnc(C(C)(C)C#N)[nH]2)cc1. The Kier molecular flexibility index (Phi) is 3.44. The van der Waals surface area contributed by atoms with E-state index in [0.29, 0.717) is 5.82 Å². The molecule has 1 heterocycles. The second-order valence-corrected chi connectivity index (χ2v) is 5.49. The van der Waals surface area contributed by atoms with Crippen molar-refractivity contribution < 1.29 is 0 Å². The molecule has 1 N–H and O–H groups in total. The summed E-state index contributed by atoms with van der Waals surface area (Å²) in [4.78, 5) is 8.74. The lowest BCUT2D eigenvalue weighted by atomic mass is 9.95. The molecule has 0 unspecified atom stereocenters. The molecule has 18 heavy (non-hydrogen) atoms. The number of hydrogen-bond donors (Lipinski definition) is 1. The molecule has 3 nitrogen and oxygen atoms in total. The molecular formula is C14H15N3S. The Hall–Kier alpha value is -1.73. The molecule has 0 spiro atoms. The normalized spacial score (nSPS) is 11.2. The standard InChI is InChI=1S/C14H15N3S/c1-14(2,9-15)13-16-8-12(17-13)10-4-6-11(18-3)7-5-10/h4-8H,1-3H3,(H,16,17). The molecule has 0 aliphatic rings. The Balaban J connectivity index is 2.32. The van der Waals surface area contributed by atoms with Crippen LogP contribution in [0, 0.1) is 11.3 Å². The van der Waals surface area contributed by atoms with E-state index in [9.17, 15) is 0 Å². The molecular weight excluding hydrogens is 242 g/mol. The first kappa shape index (κ1) is 12.7. The van der Waals surface area contributed by atoms with E-state index in [1.165, 1.54) is 4.90 Å². The first-order chi connectivity index (χ1) is 8.56. The third-order valence-electron chi connectivity index (χ3n) is 2.85. The highest BCUT2D eigenvalue weighted by molar-refractivity contribution is 7.98. The van der Waals surface area contributed by atoms with E-state index in [4.69, 9.17) is 5.26 Å². The van der Waals surface area contributed by atoms with Gasteiger partial charge in [0.05, 0.1) is 18.0 Å². The van der Waals surface area contributed by atoms with Crippen molar-refractivity contribution >= 4 is 11.8 Å². The number of rotatable bonds is 3. The number of H-pyrrole nitrogens is 1. The molecule has 0 fully saturated rings. The molecule has 0 amide bonds. The lowest BCUT2D eigenvalue weighted by Gasteiger charge is -2.10. The first-order valence-electron chi connectivity index (χ1n) is 5.68. The second kappa shape index (κ2) is 4.87.